The molecule has 0 saturated heterocycles. The van der Waals surface area contributed by atoms with E-state index in [9.17, 15) is 15.0 Å². The second-order valence-electron chi connectivity index (χ2n) is 6.82. The predicted molar refractivity (Wildman–Crippen MR) is 84.5 cm³/mol. The maximum Gasteiger partial charge on any atom is 0.338 e. The summed E-state index contributed by atoms with van der Waals surface area (Å²) in [5.41, 5.74) is -2.15. The number of aliphatic carboxylic acids is 1. The largest absolute Gasteiger partial charge is 0.479 e. The topological polar surface area (TPSA) is 66.8 Å². The first-order valence-electron chi connectivity index (χ1n) is 7.68. The highest BCUT2D eigenvalue weighted by atomic mass is 28.3. The summed E-state index contributed by atoms with van der Waals surface area (Å²) in [7, 11) is -1.60. The van der Waals surface area contributed by atoms with Crippen molar-refractivity contribution in [3.05, 3.63) is 0 Å². The van der Waals surface area contributed by atoms with Gasteiger partial charge in [0.05, 0.1) is 6.10 Å². The Hall–Kier alpha value is -0.393. The zero-order valence-corrected chi connectivity index (χ0v) is 15.1. The molecule has 0 aliphatic heterocycles. The van der Waals surface area contributed by atoms with Gasteiger partial charge in [0.2, 0.25) is 0 Å². The minimum Gasteiger partial charge on any atom is -0.479 e. The molecule has 0 radical (unpaired) electrons. The molecule has 120 valence electrons. The first-order chi connectivity index (χ1) is 9.09. The lowest BCUT2D eigenvalue weighted by atomic mass is 9.71. The summed E-state index contributed by atoms with van der Waals surface area (Å²) in [6.07, 6.45) is 3.60. The Labute approximate surface area is 125 Å². The summed E-state index contributed by atoms with van der Waals surface area (Å²) in [5.74, 6) is -1.05. The molecule has 5 heteroatoms. The fraction of sp³-hybridized carbons (Fsp3) is 0.933. The van der Waals surface area contributed by atoms with Crippen LogP contribution in [0.3, 0.4) is 0 Å². The van der Waals surface area contributed by atoms with Gasteiger partial charge < -0.3 is 14.6 Å². The third-order valence-electron chi connectivity index (χ3n) is 3.65. The quantitative estimate of drug-likeness (QED) is 0.507. The van der Waals surface area contributed by atoms with Crippen molar-refractivity contribution in [2.24, 2.45) is 5.41 Å². The lowest BCUT2D eigenvalue weighted by Crippen LogP contribution is -2.62. The molecular weight excluding hydrogens is 272 g/mol. The summed E-state index contributed by atoms with van der Waals surface area (Å²) in [6, 6.07) is 0. The van der Waals surface area contributed by atoms with Crippen LogP contribution >= 0.6 is 0 Å². The van der Waals surface area contributed by atoms with Gasteiger partial charge in [-0.1, -0.05) is 53.4 Å². The maximum atomic E-state index is 11.9. The molecule has 0 aromatic carbocycles. The molecule has 2 N–H and O–H groups in total. The minimum absolute atomic E-state index is 0.477. The van der Waals surface area contributed by atoms with Crippen LogP contribution in [0.4, 0.5) is 0 Å². The zero-order valence-electron chi connectivity index (χ0n) is 13.9. The van der Waals surface area contributed by atoms with Crippen molar-refractivity contribution < 1.29 is 19.4 Å². The summed E-state index contributed by atoms with van der Waals surface area (Å²) < 4.78 is 5.87. The summed E-state index contributed by atoms with van der Waals surface area (Å²) in [5, 5.41) is 20.2. The first-order valence-corrected chi connectivity index (χ1v) is 10.5. The Morgan fingerprint density at radius 2 is 1.75 bits per heavy atom. The number of hydrogen-bond acceptors (Lipinski definition) is 3. The van der Waals surface area contributed by atoms with E-state index in [0.29, 0.717) is 6.42 Å². The molecule has 0 aromatic rings. The van der Waals surface area contributed by atoms with E-state index >= 15 is 0 Å². The standard InChI is InChI=1S/C15H32O4Si/c1-7-8-9-10-11-12(16)15(13(17)18,14(2,3)4)19-20(5)6/h12,16,20H,7-11H2,1-6H3,(H,17,18)/t12-,15?/m1/s1. The van der Waals surface area contributed by atoms with Crippen molar-refractivity contribution in [1.82, 2.24) is 0 Å². The van der Waals surface area contributed by atoms with Crippen molar-refractivity contribution in [3.8, 4) is 0 Å². The second-order valence-corrected chi connectivity index (χ2v) is 9.16. The molecule has 20 heavy (non-hydrogen) atoms. The van der Waals surface area contributed by atoms with Crippen LogP contribution in [0.5, 0.6) is 0 Å². The summed E-state index contributed by atoms with van der Waals surface area (Å²) in [4.78, 5) is 11.9. The molecular formula is C15H32O4Si. The van der Waals surface area contributed by atoms with E-state index in [0.717, 1.165) is 25.7 Å². The fourth-order valence-corrected chi connectivity index (χ4v) is 3.96. The van der Waals surface area contributed by atoms with Gasteiger partial charge in [0.1, 0.15) is 0 Å². The highest BCUT2D eigenvalue weighted by Gasteiger charge is 2.55. The van der Waals surface area contributed by atoms with Crippen LogP contribution in [-0.2, 0) is 9.22 Å². The number of unbranched alkanes of at least 4 members (excludes halogenated alkanes) is 3. The molecule has 0 saturated carbocycles. The average Bonchev–Trinajstić information content (AvgIpc) is 2.29. The third-order valence-corrected chi connectivity index (χ3v) is 4.50. The van der Waals surface area contributed by atoms with E-state index in [1.54, 1.807) is 0 Å². The van der Waals surface area contributed by atoms with Crippen molar-refractivity contribution in [1.29, 1.82) is 0 Å². The second kappa shape index (κ2) is 8.15. The predicted octanol–water partition coefficient (Wildman–Crippen LogP) is 3.19. The van der Waals surface area contributed by atoms with Gasteiger partial charge in [-0.2, -0.15) is 0 Å². The van der Waals surface area contributed by atoms with Gasteiger partial charge >= 0.3 is 5.97 Å². The van der Waals surface area contributed by atoms with E-state index in [1.165, 1.54) is 0 Å². The molecule has 1 unspecified atom stereocenters. The van der Waals surface area contributed by atoms with Crippen molar-refractivity contribution in [2.75, 3.05) is 0 Å². The number of hydrogen-bond donors (Lipinski definition) is 2. The van der Waals surface area contributed by atoms with Crippen LogP contribution in [0, 0.1) is 5.41 Å². The van der Waals surface area contributed by atoms with Crippen LogP contribution in [0.25, 0.3) is 0 Å². The van der Waals surface area contributed by atoms with E-state index < -0.39 is 32.1 Å². The Morgan fingerprint density at radius 3 is 2.10 bits per heavy atom. The van der Waals surface area contributed by atoms with Gasteiger partial charge in [-0.15, -0.1) is 0 Å². The molecule has 0 amide bonds. The molecule has 0 aromatic heterocycles. The lowest BCUT2D eigenvalue weighted by Gasteiger charge is -2.45. The average molecular weight is 305 g/mol. The third kappa shape index (κ3) is 4.86. The van der Waals surface area contributed by atoms with E-state index in [1.807, 2.05) is 33.9 Å². The van der Waals surface area contributed by atoms with Crippen LogP contribution in [0.15, 0.2) is 0 Å². The number of carbonyl (C=O) groups is 1. The fourth-order valence-electron chi connectivity index (χ4n) is 2.61. The Morgan fingerprint density at radius 1 is 1.20 bits per heavy atom. The Kier molecular flexibility index (Phi) is 7.99. The molecule has 0 spiro atoms. The van der Waals surface area contributed by atoms with Crippen LogP contribution in [0.2, 0.25) is 13.1 Å². The van der Waals surface area contributed by atoms with E-state index in [4.69, 9.17) is 4.43 Å². The van der Waals surface area contributed by atoms with Crippen molar-refractivity contribution in [3.63, 3.8) is 0 Å². The van der Waals surface area contributed by atoms with Gasteiger partial charge in [-0.25, -0.2) is 4.79 Å². The molecule has 0 fully saturated rings. The van der Waals surface area contributed by atoms with E-state index in [-0.39, 0.29) is 0 Å². The minimum atomic E-state index is -1.60. The molecule has 0 aliphatic carbocycles. The number of carboxylic acids is 1. The number of aliphatic hydroxyl groups is 1. The Balaban J connectivity index is 5.13. The molecule has 0 aliphatic rings. The molecule has 0 heterocycles. The van der Waals surface area contributed by atoms with Gasteiger partial charge in [-0.3, -0.25) is 0 Å². The number of aliphatic hydroxyl groups excluding tert-OH is 1. The first kappa shape index (κ1) is 19.6. The van der Waals surface area contributed by atoms with E-state index in [2.05, 4.69) is 6.92 Å². The molecule has 2 atom stereocenters. The zero-order chi connectivity index (χ0) is 16.0. The molecule has 4 nitrogen and oxygen atoms in total. The van der Waals surface area contributed by atoms with Gasteiger partial charge in [-0.05, 0) is 19.5 Å². The van der Waals surface area contributed by atoms with Crippen LogP contribution < -0.4 is 0 Å². The SMILES string of the molecule is CCCCCC[C@@H](O)C(O[SiH](C)C)(C(=O)O)C(C)(C)C. The Bertz CT molecular complexity index is 299. The van der Waals surface area contributed by atoms with Gasteiger partial charge in [0.15, 0.2) is 14.6 Å². The van der Waals surface area contributed by atoms with Crippen molar-refractivity contribution in [2.45, 2.75) is 84.6 Å². The summed E-state index contributed by atoms with van der Waals surface area (Å²) >= 11 is 0. The van der Waals surface area contributed by atoms with Crippen molar-refractivity contribution >= 4 is 15.0 Å². The van der Waals surface area contributed by atoms with Crippen LogP contribution in [-0.4, -0.2) is 36.9 Å². The summed E-state index contributed by atoms with van der Waals surface area (Å²) in [6.45, 7) is 11.5. The highest BCUT2D eigenvalue weighted by Crippen LogP contribution is 2.39. The van der Waals surface area contributed by atoms with Gasteiger partial charge in [0, 0.05) is 5.41 Å². The maximum absolute atomic E-state index is 11.9. The van der Waals surface area contributed by atoms with Crippen LogP contribution in [0.1, 0.15) is 59.8 Å². The lowest BCUT2D eigenvalue weighted by molar-refractivity contribution is -0.186. The molecule has 0 rings (SSSR count). The smallest absolute Gasteiger partial charge is 0.338 e. The monoisotopic (exact) mass is 304 g/mol. The molecule has 0 bridgehead atoms. The number of rotatable bonds is 9. The highest BCUT2D eigenvalue weighted by molar-refractivity contribution is 6.48. The normalized spacial score (nSPS) is 17.0. The number of carboxylic acid groups (broad SMARTS) is 1. The van der Waals surface area contributed by atoms with Gasteiger partial charge in [0.25, 0.3) is 0 Å².